The molecule has 2 rings (SSSR count). The number of hydrogen-bond donors (Lipinski definition) is 1. The zero-order valence-corrected chi connectivity index (χ0v) is 12.5. The van der Waals surface area contributed by atoms with Gasteiger partial charge in [0.15, 0.2) is 5.60 Å². The molecule has 1 aliphatic rings. The largest absolute Gasteiger partial charge is 0.362 e. The van der Waals surface area contributed by atoms with Crippen LogP contribution in [0.15, 0.2) is 24.4 Å². The number of nitrogens with one attached hydrogen (secondary N) is 1. The third-order valence-corrected chi connectivity index (χ3v) is 3.59. The van der Waals surface area contributed by atoms with Crippen LogP contribution in [-0.4, -0.2) is 53.5 Å². The molecule has 0 saturated carbocycles. The molecule has 0 aromatic carbocycles. The van der Waals surface area contributed by atoms with Gasteiger partial charge in [-0.05, 0) is 19.1 Å². The first-order valence-electron chi connectivity index (χ1n) is 7.09. The van der Waals surface area contributed by atoms with Crippen molar-refractivity contribution < 1.29 is 14.3 Å². The molecule has 1 aromatic rings. The van der Waals surface area contributed by atoms with Crippen molar-refractivity contribution in [2.24, 2.45) is 0 Å². The fraction of sp³-hybridized carbons (Fsp3) is 0.533. The van der Waals surface area contributed by atoms with Crippen LogP contribution >= 0.6 is 0 Å². The van der Waals surface area contributed by atoms with Crippen LogP contribution < -0.4 is 5.32 Å². The van der Waals surface area contributed by atoms with Crippen molar-refractivity contribution in [1.82, 2.24) is 15.2 Å². The molecule has 1 unspecified atom stereocenters. The van der Waals surface area contributed by atoms with Crippen LogP contribution in [0.25, 0.3) is 0 Å². The van der Waals surface area contributed by atoms with Gasteiger partial charge in [-0.2, -0.15) is 0 Å². The molecule has 6 heteroatoms. The van der Waals surface area contributed by atoms with Crippen molar-refractivity contribution in [2.75, 3.05) is 26.2 Å². The number of carbonyl (C=O) groups excluding carboxylic acids is 2. The second kappa shape index (κ2) is 6.67. The summed E-state index contributed by atoms with van der Waals surface area (Å²) < 4.78 is 5.59. The summed E-state index contributed by atoms with van der Waals surface area (Å²) in [4.78, 5) is 29.6. The van der Waals surface area contributed by atoms with E-state index in [-0.39, 0.29) is 18.4 Å². The van der Waals surface area contributed by atoms with Crippen molar-refractivity contribution in [3.8, 4) is 0 Å². The van der Waals surface area contributed by atoms with E-state index in [0.29, 0.717) is 26.1 Å². The second-order valence-electron chi connectivity index (χ2n) is 5.35. The Morgan fingerprint density at radius 1 is 1.48 bits per heavy atom. The maximum absolute atomic E-state index is 12.3. The van der Waals surface area contributed by atoms with Crippen molar-refractivity contribution in [3.05, 3.63) is 30.1 Å². The van der Waals surface area contributed by atoms with Crippen LogP contribution in [0, 0.1) is 0 Å². The number of rotatable bonds is 4. The predicted octanol–water partition coefficient (Wildman–Crippen LogP) is 0.378. The Hall–Kier alpha value is -1.95. The summed E-state index contributed by atoms with van der Waals surface area (Å²) in [6.45, 7) is 4.92. The number of pyridine rings is 1. The van der Waals surface area contributed by atoms with Gasteiger partial charge < -0.3 is 15.0 Å². The van der Waals surface area contributed by atoms with Crippen LogP contribution in [0.3, 0.4) is 0 Å². The average Bonchev–Trinajstić information content (AvgIpc) is 2.48. The number of hydrogen-bond acceptors (Lipinski definition) is 4. The minimum atomic E-state index is -0.978. The first kappa shape index (κ1) is 15.4. The van der Waals surface area contributed by atoms with E-state index in [0.717, 1.165) is 5.69 Å². The van der Waals surface area contributed by atoms with Gasteiger partial charge in [0.2, 0.25) is 5.91 Å². The Labute approximate surface area is 124 Å². The summed E-state index contributed by atoms with van der Waals surface area (Å²) in [5.41, 5.74) is -0.0495. The molecule has 1 atom stereocenters. The molecular weight excluding hydrogens is 270 g/mol. The molecule has 2 amide bonds. The van der Waals surface area contributed by atoms with Crippen molar-refractivity contribution in [3.63, 3.8) is 0 Å². The van der Waals surface area contributed by atoms with Crippen LogP contribution in [-0.2, 0) is 20.7 Å². The number of nitrogens with zero attached hydrogens (tertiary/aromatic N) is 2. The Morgan fingerprint density at radius 2 is 2.29 bits per heavy atom. The van der Waals surface area contributed by atoms with Crippen molar-refractivity contribution in [2.45, 2.75) is 25.9 Å². The van der Waals surface area contributed by atoms with E-state index in [1.54, 1.807) is 18.0 Å². The third-order valence-electron chi connectivity index (χ3n) is 3.59. The highest BCUT2D eigenvalue weighted by Crippen LogP contribution is 2.18. The molecule has 1 aliphatic heterocycles. The van der Waals surface area contributed by atoms with E-state index in [1.165, 1.54) is 6.92 Å². The van der Waals surface area contributed by atoms with Gasteiger partial charge in [0.1, 0.15) is 0 Å². The normalized spacial score (nSPS) is 21.9. The molecule has 1 fully saturated rings. The molecule has 6 nitrogen and oxygen atoms in total. The standard InChI is InChI=1S/C15H21N3O3/c1-12(19)18-9-10-21-15(2,11-18)14(20)17-8-6-13-5-3-4-7-16-13/h3-5,7H,6,8-11H2,1-2H3,(H,17,20). The number of ether oxygens (including phenoxy) is 1. The van der Waals surface area contributed by atoms with Gasteiger partial charge in [-0.25, -0.2) is 0 Å². The lowest BCUT2D eigenvalue weighted by Gasteiger charge is -2.38. The van der Waals surface area contributed by atoms with E-state index in [9.17, 15) is 9.59 Å². The SMILES string of the molecule is CC(=O)N1CCOC(C)(C(=O)NCCc2ccccn2)C1. The summed E-state index contributed by atoms with van der Waals surface area (Å²) in [5.74, 6) is -0.227. The summed E-state index contributed by atoms with van der Waals surface area (Å²) in [6, 6.07) is 5.69. The molecule has 0 aliphatic carbocycles. The van der Waals surface area contributed by atoms with Crippen molar-refractivity contribution in [1.29, 1.82) is 0 Å². The van der Waals surface area contributed by atoms with E-state index in [4.69, 9.17) is 4.74 Å². The topological polar surface area (TPSA) is 71.5 Å². The number of carbonyl (C=O) groups is 2. The first-order chi connectivity index (χ1) is 10.0. The number of morpholine rings is 1. The lowest BCUT2D eigenvalue weighted by atomic mass is 10.0. The lowest BCUT2D eigenvalue weighted by Crippen LogP contribution is -2.59. The lowest BCUT2D eigenvalue weighted by molar-refractivity contribution is -0.161. The number of amides is 2. The van der Waals surface area contributed by atoms with Crippen molar-refractivity contribution >= 4 is 11.8 Å². The van der Waals surface area contributed by atoms with Gasteiger partial charge in [0, 0.05) is 38.3 Å². The maximum atomic E-state index is 12.3. The van der Waals surface area contributed by atoms with E-state index in [2.05, 4.69) is 10.3 Å². The van der Waals surface area contributed by atoms with Gasteiger partial charge in [0.25, 0.3) is 5.91 Å². The van der Waals surface area contributed by atoms with E-state index >= 15 is 0 Å². The third kappa shape index (κ3) is 4.01. The van der Waals surface area contributed by atoms with Crippen LogP contribution in [0.4, 0.5) is 0 Å². The smallest absolute Gasteiger partial charge is 0.253 e. The zero-order valence-electron chi connectivity index (χ0n) is 12.5. The average molecular weight is 291 g/mol. The molecule has 0 bridgehead atoms. The highest BCUT2D eigenvalue weighted by atomic mass is 16.5. The summed E-state index contributed by atoms with van der Waals surface area (Å²) >= 11 is 0. The van der Waals surface area contributed by atoms with Gasteiger partial charge in [-0.3, -0.25) is 14.6 Å². The Balaban J connectivity index is 1.85. The van der Waals surface area contributed by atoms with Gasteiger partial charge >= 0.3 is 0 Å². The fourth-order valence-electron chi connectivity index (χ4n) is 2.31. The Bertz CT molecular complexity index is 506. The van der Waals surface area contributed by atoms with Gasteiger partial charge in [0.05, 0.1) is 13.2 Å². The minimum Gasteiger partial charge on any atom is -0.362 e. The summed E-state index contributed by atoms with van der Waals surface area (Å²) in [7, 11) is 0. The first-order valence-corrected chi connectivity index (χ1v) is 7.09. The van der Waals surface area contributed by atoms with Gasteiger partial charge in [-0.15, -0.1) is 0 Å². The Kier molecular flexibility index (Phi) is 4.90. The summed E-state index contributed by atoms with van der Waals surface area (Å²) in [6.07, 6.45) is 2.40. The van der Waals surface area contributed by atoms with Gasteiger partial charge in [-0.1, -0.05) is 6.07 Å². The maximum Gasteiger partial charge on any atom is 0.253 e. The van der Waals surface area contributed by atoms with E-state index < -0.39 is 5.60 Å². The predicted molar refractivity (Wildman–Crippen MR) is 77.6 cm³/mol. The highest BCUT2D eigenvalue weighted by molar-refractivity contribution is 5.86. The second-order valence-corrected chi connectivity index (χ2v) is 5.35. The van der Waals surface area contributed by atoms with Crippen LogP contribution in [0.1, 0.15) is 19.5 Å². The number of aromatic nitrogens is 1. The van der Waals surface area contributed by atoms with Crippen LogP contribution in [0.5, 0.6) is 0 Å². The summed E-state index contributed by atoms with van der Waals surface area (Å²) in [5, 5.41) is 2.86. The minimum absolute atomic E-state index is 0.0363. The fourth-order valence-corrected chi connectivity index (χ4v) is 2.31. The molecule has 1 N–H and O–H groups in total. The molecule has 1 aromatic heterocycles. The van der Waals surface area contributed by atoms with E-state index in [1.807, 2.05) is 18.2 Å². The Morgan fingerprint density at radius 3 is 2.95 bits per heavy atom. The monoisotopic (exact) mass is 291 g/mol. The molecule has 21 heavy (non-hydrogen) atoms. The molecule has 2 heterocycles. The molecule has 0 radical (unpaired) electrons. The molecule has 0 spiro atoms. The molecule has 114 valence electrons. The molecule has 1 saturated heterocycles. The highest BCUT2D eigenvalue weighted by Gasteiger charge is 2.39. The molecular formula is C15H21N3O3. The van der Waals surface area contributed by atoms with Crippen LogP contribution in [0.2, 0.25) is 0 Å². The quantitative estimate of drug-likeness (QED) is 0.870. The zero-order chi connectivity index (χ0) is 15.3.